The molecule has 0 spiro atoms. The lowest BCUT2D eigenvalue weighted by Gasteiger charge is -2.10. The van der Waals surface area contributed by atoms with Gasteiger partial charge in [0.25, 0.3) is 5.56 Å². The van der Waals surface area contributed by atoms with Crippen molar-refractivity contribution in [3.05, 3.63) is 80.4 Å². The van der Waals surface area contributed by atoms with Crippen molar-refractivity contribution in [1.29, 1.82) is 0 Å². The quantitative estimate of drug-likeness (QED) is 0.694. The molecule has 4 rings (SSSR count). The highest BCUT2D eigenvalue weighted by molar-refractivity contribution is 9.10. The Morgan fingerprint density at radius 3 is 2.78 bits per heavy atom. The Morgan fingerprint density at radius 2 is 2.00 bits per heavy atom. The molecule has 23 heavy (non-hydrogen) atoms. The van der Waals surface area contributed by atoms with Crippen molar-refractivity contribution in [3.63, 3.8) is 0 Å². The monoisotopic (exact) mass is 369 g/mol. The zero-order chi connectivity index (χ0) is 16.0. The number of halogens is 1. The van der Waals surface area contributed by atoms with E-state index in [1.54, 1.807) is 22.5 Å². The van der Waals surface area contributed by atoms with Crippen molar-refractivity contribution >= 4 is 15.9 Å². The van der Waals surface area contributed by atoms with Crippen LogP contribution in [-0.4, -0.2) is 14.3 Å². The first kappa shape index (κ1) is 14.5. The van der Waals surface area contributed by atoms with E-state index in [1.165, 1.54) is 11.1 Å². The first-order chi connectivity index (χ1) is 11.1. The van der Waals surface area contributed by atoms with E-state index in [4.69, 9.17) is 5.10 Å². The van der Waals surface area contributed by atoms with E-state index in [-0.39, 0.29) is 5.56 Å². The molecule has 0 saturated heterocycles. The third kappa shape index (κ3) is 2.45. The summed E-state index contributed by atoms with van der Waals surface area (Å²) in [4.78, 5) is 12.4. The standard InChI is InChI=1S/C18H16BrN3O/c1-21-11-14(19)9-16(18(21)23)22-10-13-7-8-15(17(13)20-22)12-5-3-2-4-6-12/h2-6,9-11,15H,7-8H2,1H3. The fraction of sp³-hybridized carbons (Fsp3) is 0.222. The summed E-state index contributed by atoms with van der Waals surface area (Å²) < 4.78 is 4.16. The van der Waals surface area contributed by atoms with Crippen LogP contribution < -0.4 is 5.56 Å². The molecule has 2 heterocycles. The summed E-state index contributed by atoms with van der Waals surface area (Å²) in [5.41, 5.74) is 4.14. The molecular formula is C18H16BrN3O. The van der Waals surface area contributed by atoms with Crippen molar-refractivity contribution in [2.24, 2.45) is 7.05 Å². The number of benzene rings is 1. The minimum absolute atomic E-state index is 0.0503. The van der Waals surface area contributed by atoms with Gasteiger partial charge >= 0.3 is 0 Å². The zero-order valence-electron chi connectivity index (χ0n) is 12.7. The summed E-state index contributed by atoms with van der Waals surface area (Å²) in [5, 5.41) is 4.74. The third-order valence-electron chi connectivity index (χ3n) is 4.43. The molecule has 0 fully saturated rings. The molecule has 0 saturated carbocycles. The van der Waals surface area contributed by atoms with Gasteiger partial charge in [-0.15, -0.1) is 0 Å². The van der Waals surface area contributed by atoms with Crippen LogP contribution in [-0.2, 0) is 13.5 Å². The summed E-state index contributed by atoms with van der Waals surface area (Å²) in [6.45, 7) is 0. The second-order valence-electron chi connectivity index (χ2n) is 5.95. The zero-order valence-corrected chi connectivity index (χ0v) is 14.3. The Bertz CT molecular complexity index is 927. The molecule has 1 aliphatic carbocycles. The smallest absolute Gasteiger partial charge is 0.276 e. The minimum Gasteiger partial charge on any atom is -0.316 e. The van der Waals surface area contributed by atoms with Gasteiger partial charge in [-0.1, -0.05) is 30.3 Å². The predicted octanol–water partition coefficient (Wildman–Crippen LogP) is 3.41. The molecule has 116 valence electrons. The van der Waals surface area contributed by atoms with Gasteiger partial charge in [-0.25, -0.2) is 4.68 Å². The van der Waals surface area contributed by atoms with Crippen molar-refractivity contribution in [2.45, 2.75) is 18.8 Å². The van der Waals surface area contributed by atoms with Crippen LogP contribution in [0.2, 0.25) is 0 Å². The molecule has 1 aliphatic rings. The maximum atomic E-state index is 12.4. The average molecular weight is 370 g/mol. The number of nitrogens with zero attached hydrogens (tertiary/aromatic N) is 3. The predicted molar refractivity (Wildman–Crippen MR) is 93.1 cm³/mol. The van der Waals surface area contributed by atoms with Crippen molar-refractivity contribution < 1.29 is 0 Å². The van der Waals surface area contributed by atoms with Gasteiger partial charge in [-0.3, -0.25) is 4.79 Å². The van der Waals surface area contributed by atoms with E-state index in [9.17, 15) is 4.79 Å². The number of hydrogen-bond acceptors (Lipinski definition) is 2. The Kier molecular flexibility index (Phi) is 3.45. The topological polar surface area (TPSA) is 39.8 Å². The van der Waals surface area contributed by atoms with Crippen LogP contribution in [0, 0.1) is 0 Å². The molecule has 3 aromatic rings. The van der Waals surface area contributed by atoms with Gasteiger partial charge in [0, 0.05) is 29.8 Å². The van der Waals surface area contributed by atoms with Gasteiger partial charge in [0.05, 0.1) is 5.69 Å². The van der Waals surface area contributed by atoms with Gasteiger partial charge in [0.1, 0.15) is 5.69 Å². The van der Waals surface area contributed by atoms with Crippen molar-refractivity contribution in [3.8, 4) is 5.69 Å². The highest BCUT2D eigenvalue weighted by atomic mass is 79.9. The molecule has 1 unspecified atom stereocenters. The maximum absolute atomic E-state index is 12.4. The summed E-state index contributed by atoms with van der Waals surface area (Å²) in [6, 6.07) is 12.3. The normalized spacial score (nSPS) is 16.5. The molecule has 0 aliphatic heterocycles. The van der Waals surface area contributed by atoms with Crippen LogP contribution in [0.5, 0.6) is 0 Å². The molecule has 1 atom stereocenters. The minimum atomic E-state index is -0.0503. The van der Waals surface area contributed by atoms with Crippen molar-refractivity contribution in [2.75, 3.05) is 0 Å². The van der Waals surface area contributed by atoms with Gasteiger partial charge in [-0.05, 0) is 46.0 Å². The largest absolute Gasteiger partial charge is 0.316 e. The van der Waals surface area contributed by atoms with Gasteiger partial charge < -0.3 is 4.57 Å². The van der Waals surface area contributed by atoms with E-state index in [2.05, 4.69) is 40.2 Å². The number of fused-ring (bicyclic) bond motifs is 1. The van der Waals surface area contributed by atoms with Crippen LogP contribution in [0.1, 0.15) is 29.2 Å². The first-order valence-electron chi connectivity index (χ1n) is 7.63. The van der Waals surface area contributed by atoms with E-state index in [1.807, 2.05) is 18.3 Å². The fourth-order valence-electron chi connectivity index (χ4n) is 3.30. The number of pyridine rings is 1. The van der Waals surface area contributed by atoms with E-state index in [0.717, 1.165) is 23.0 Å². The number of aromatic nitrogens is 3. The molecule has 0 bridgehead atoms. The first-order valence-corrected chi connectivity index (χ1v) is 8.43. The van der Waals surface area contributed by atoms with Gasteiger partial charge in [0.15, 0.2) is 0 Å². The Balaban J connectivity index is 1.80. The third-order valence-corrected chi connectivity index (χ3v) is 4.87. The Labute approximate surface area is 142 Å². The van der Waals surface area contributed by atoms with Gasteiger partial charge in [-0.2, -0.15) is 5.10 Å². The van der Waals surface area contributed by atoms with Gasteiger partial charge in [0.2, 0.25) is 0 Å². The van der Waals surface area contributed by atoms with Crippen LogP contribution in [0.4, 0.5) is 0 Å². The highest BCUT2D eigenvalue weighted by Gasteiger charge is 2.28. The molecule has 0 radical (unpaired) electrons. The second-order valence-corrected chi connectivity index (χ2v) is 6.86. The average Bonchev–Trinajstić information content (AvgIpc) is 3.12. The fourth-order valence-corrected chi connectivity index (χ4v) is 3.82. The summed E-state index contributed by atoms with van der Waals surface area (Å²) in [5.74, 6) is 0.323. The number of rotatable bonds is 2. The lowest BCUT2D eigenvalue weighted by molar-refractivity contribution is 0.717. The Hall–Kier alpha value is -2.14. The lowest BCUT2D eigenvalue weighted by Crippen LogP contribution is -2.22. The van der Waals surface area contributed by atoms with Crippen LogP contribution in [0.3, 0.4) is 0 Å². The van der Waals surface area contributed by atoms with Crippen LogP contribution in [0.15, 0.2) is 58.1 Å². The van der Waals surface area contributed by atoms with E-state index < -0.39 is 0 Å². The maximum Gasteiger partial charge on any atom is 0.276 e. The summed E-state index contributed by atoms with van der Waals surface area (Å²) in [7, 11) is 1.75. The Morgan fingerprint density at radius 1 is 1.22 bits per heavy atom. The molecule has 0 amide bonds. The van der Waals surface area contributed by atoms with E-state index in [0.29, 0.717) is 11.6 Å². The summed E-state index contributed by atoms with van der Waals surface area (Å²) in [6.07, 6.45) is 5.85. The number of aryl methyl sites for hydroxylation is 2. The number of hydrogen-bond donors (Lipinski definition) is 0. The SMILES string of the molecule is Cn1cc(Br)cc(-n2cc3c(n2)C(c2ccccc2)CC3)c1=O. The van der Waals surface area contributed by atoms with Crippen LogP contribution >= 0.6 is 15.9 Å². The molecule has 4 nitrogen and oxygen atoms in total. The molecular weight excluding hydrogens is 354 g/mol. The van der Waals surface area contributed by atoms with E-state index >= 15 is 0 Å². The second kappa shape index (κ2) is 5.49. The highest BCUT2D eigenvalue weighted by Crippen LogP contribution is 2.37. The summed E-state index contributed by atoms with van der Waals surface area (Å²) >= 11 is 3.45. The lowest BCUT2D eigenvalue weighted by atomic mass is 9.97. The van der Waals surface area contributed by atoms with Crippen LogP contribution in [0.25, 0.3) is 5.69 Å². The van der Waals surface area contributed by atoms with Crippen molar-refractivity contribution in [1.82, 2.24) is 14.3 Å². The molecule has 1 aromatic carbocycles. The molecule has 2 aromatic heterocycles. The molecule has 5 heteroatoms. The molecule has 0 N–H and O–H groups in total.